The molecule has 90 valence electrons. The summed E-state index contributed by atoms with van der Waals surface area (Å²) < 4.78 is 6.35. The summed E-state index contributed by atoms with van der Waals surface area (Å²) in [5.41, 5.74) is 1.95. The van der Waals surface area contributed by atoms with Gasteiger partial charge in [-0.15, -0.1) is 0 Å². The van der Waals surface area contributed by atoms with Crippen molar-refractivity contribution in [2.45, 2.75) is 0 Å². The molecule has 0 radical (unpaired) electrons. The number of para-hydroxylation sites is 1. The van der Waals surface area contributed by atoms with Crippen molar-refractivity contribution >= 4 is 28.6 Å². The molecule has 0 saturated heterocycles. The molecule has 0 aromatic heterocycles. The molecule has 0 N–H and O–H groups in total. The van der Waals surface area contributed by atoms with Crippen molar-refractivity contribution in [3.63, 3.8) is 0 Å². The standard InChI is InChI=1S/C15H11IO2/c1-2-15(17)18-14-10-6-4-8-12(14)11-7-3-5-9-13(11)16/h2-10H,1H2. The SMILES string of the molecule is C=CC(=O)Oc1ccccc1-c1ccccc1I. The van der Waals surface area contributed by atoms with Gasteiger partial charge >= 0.3 is 5.97 Å². The number of hydrogen-bond donors (Lipinski definition) is 0. The molecule has 0 aliphatic heterocycles. The zero-order chi connectivity index (χ0) is 13.0. The fraction of sp³-hybridized carbons (Fsp3) is 0. The van der Waals surface area contributed by atoms with Crippen molar-refractivity contribution in [3.05, 3.63) is 64.8 Å². The first-order valence-electron chi connectivity index (χ1n) is 5.40. The Morgan fingerprint density at radius 3 is 2.33 bits per heavy atom. The van der Waals surface area contributed by atoms with Crippen LogP contribution in [0.5, 0.6) is 5.75 Å². The Balaban J connectivity index is 2.48. The summed E-state index contributed by atoms with van der Waals surface area (Å²) in [5.74, 6) is 0.0971. The lowest BCUT2D eigenvalue weighted by atomic mass is 10.1. The third-order valence-corrected chi connectivity index (χ3v) is 3.37. The van der Waals surface area contributed by atoms with Crippen LogP contribution in [0.25, 0.3) is 11.1 Å². The van der Waals surface area contributed by atoms with Gasteiger partial charge in [-0.05, 0) is 40.3 Å². The van der Waals surface area contributed by atoms with Gasteiger partial charge in [0.25, 0.3) is 0 Å². The van der Waals surface area contributed by atoms with E-state index in [1.807, 2.05) is 42.5 Å². The Labute approximate surface area is 119 Å². The first-order chi connectivity index (χ1) is 8.72. The molecule has 0 atom stereocenters. The molecule has 0 spiro atoms. The van der Waals surface area contributed by atoms with Gasteiger partial charge in [0.15, 0.2) is 0 Å². The van der Waals surface area contributed by atoms with Crippen LogP contribution in [0.3, 0.4) is 0 Å². The summed E-state index contributed by atoms with van der Waals surface area (Å²) in [6, 6.07) is 15.4. The molecule has 2 nitrogen and oxygen atoms in total. The number of ether oxygens (including phenoxy) is 1. The van der Waals surface area contributed by atoms with Crippen LogP contribution in [-0.4, -0.2) is 5.97 Å². The van der Waals surface area contributed by atoms with Crippen molar-refractivity contribution in [2.24, 2.45) is 0 Å². The maximum atomic E-state index is 11.3. The van der Waals surface area contributed by atoms with Crippen molar-refractivity contribution < 1.29 is 9.53 Å². The summed E-state index contributed by atoms with van der Waals surface area (Å²) in [5, 5.41) is 0. The molecule has 0 saturated carbocycles. The number of rotatable bonds is 3. The van der Waals surface area contributed by atoms with Gasteiger partial charge in [0.05, 0.1) is 0 Å². The largest absolute Gasteiger partial charge is 0.423 e. The lowest BCUT2D eigenvalue weighted by Gasteiger charge is -2.10. The van der Waals surface area contributed by atoms with Crippen LogP contribution in [0.4, 0.5) is 0 Å². The smallest absolute Gasteiger partial charge is 0.335 e. The first-order valence-corrected chi connectivity index (χ1v) is 6.48. The third kappa shape index (κ3) is 2.79. The molecule has 2 aromatic rings. The highest BCUT2D eigenvalue weighted by atomic mass is 127. The Morgan fingerprint density at radius 1 is 1.06 bits per heavy atom. The molecule has 0 bridgehead atoms. The predicted octanol–water partition coefficient (Wildman–Crippen LogP) is 4.05. The minimum absolute atomic E-state index is 0.451. The average molecular weight is 350 g/mol. The average Bonchev–Trinajstić information content (AvgIpc) is 2.40. The fourth-order valence-corrected chi connectivity index (χ4v) is 2.29. The van der Waals surface area contributed by atoms with Gasteiger partial charge in [-0.1, -0.05) is 43.0 Å². The normalized spacial score (nSPS) is 9.83. The Hall–Kier alpha value is -1.62. The van der Waals surface area contributed by atoms with Crippen LogP contribution in [0.2, 0.25) is 0 Å². The van der Waals surface area contributed by atoms with Gasteiger partial charge < -0.3 is 4.74 Å². The van der Waals surface area contributed by atoms with Crippen molar-refractivity contribution in [1.29, 1.82) is 0 Å². The molecular formula is C15H11IO2. The van der Waals surface area contributed by atoms with Crippen molar-refractivity contribution in [1.82, 2.24) is 0 Å². The number of benzene rings is 2. The minimum Gasteiger partial charge on any atom is -0.423 e. The molecule has 0 amide bonds. The molecule has 0 heterocycles. The second-order valence-electron chi connectivity index (χ2n) is 3.60. The molecule has 3 heteroatoms. The maximum Gasteiger partial charge on any atom is 0.335 e. The summed E-state index contributed by atoms with van der Waals surface area (Å²) in [7, 11) is 0. The highest BCUT2D eigenvalue weighted by molar-refractivity contribution is 14.1. The molecule has 0 aliphatic rings. The van der Waals surface area contributed by atoms with E-state index in [0.717, 1.165) is 20.8 Å². The number of esters is 1. The third-order valence-electron chi connectivity index (χ3n) is 2.43. The van der Waals surface area contributed by atoms with Gasteiger partial charge in [-0.2, -0.15) is 0 Å². The Kier molecular flexibility index (Phi) is 4.15. The van der Waals surface area contributed by atoms with Gasteiger partial charge in [-0.25, -0.2) is 4.79 Å². The zero-order valence-electron chi connectivity index (χ0n) is 9.60. The molecular weight excluding hydrogens is 339 g/mol. The topological polar surface area (TPSA) is 26.3 Å². The summed E-state index contributed by atoms with van der Waals surface area (Å²) in [6.45, 7) is 3.40. The summed E-state index contributed by atoms with van der Waals surface area (Å²) >= 11 is 2.26. The maximum absolute atomic E-state index is 11.3. The van der Waals surface area contributed by atoms with Gasteiger partial charge in [-0.3, -0.25) is 0 Å². The van der Waals surface area contributed by atoms with Gasteiger partial charge in [0.1, 0.15) is 5.75 Å². The van der Waals surface area contributed by atoms with E-state index in [1.165, 1.54) is 0 Å². The van der Waals surface area contributed by atoms with E-state index in [0.29, 0.717) is 5.75 Å². The fourth-order valence-electron chi connectivity index (χ4n) is 1.61. The van der Waals surface area contributed by atoms with Crippen LogP contribution < -0.4 is 4.74 Å². The van der Waals surface area contributed by atoms with E-state index in [-0.39, 0.29) is 0 Å². The zero-order valence-corrected chi connectivity index (χ0v) is 11.8. The molecule has 0 unspecified atom stereocenters. The number of halogens is 1. The number of carbonyl (C=O) groups excluding carboxylic acids is 1. The van der Waals surface area contributed by atoms with E-state index in [1.54, 1.807) is 6.07 Å². The monoisotopic (exact) mass is 350 g/mol. The van der Waals surface area contributed by atoms with Crippen LogP contribution in [0.15, 0.2) is 61.2 Å². The van der Waals surface area contributed by atoms with E-state index in [2.05, 4.69) is 29.2 Å². The first kappa shape index (κ1) is 12.8. The summed E-state index contributed by atoms with van der Waals surface area (Å²) in [6.07, 6.45) is 1.16. The molecule has 2 rings (SSSR count). The van der Waals surface area contributed by atoms with Crippen LogP contribution >= 0.6 is 22.6 Å². The van der Waals surface area contributed by atoms with Crippen molar-refractivity contribution in [2.75, 3.05) is 0 Å². The molecule has 0 aliphatic carbocycles. The predicted molar refractivity (Wildman–Crippen MR) is 80.4 cm³/mol. The van der Waals surface area contributed by atoms with E-state index < -0.39 is 5.97 Å². The Morgan fingerprint density at radius 2 is 1.67 bits per heavy atom. The Bertz CT molecular complexity index is 591. The quantitative estimate of drug-likeness (QED) is 0.361. The number of hydrogen-bond acceptors (Lipinski definition) is 2. The van der Waals surface area contributed by atoms with Crippen LogP contribution in [-0.2, 0) is 4.79 Å². The summed E-state index contributed by atoms with van der Waals surface area (Å²) in [4.78, 5) is 11.3. The highest BCUT2D eigenvalue weighted by Gasteiger charge is 2.10. The molecule has 0 fully saturated rings. The molecule has 18 heavy (non-hydrogen) atoms. The highest BCUT2D eigenvalue weighted by Crippen LogP contribution is 2.32. The van der Waals surface area contributed by atoms with E-state index >= 15 is 0 Å². The van der Waals surface area contributed by atoms with Crippen LogP contribution in [0, 0.1) is 3.57 Å². The van der Waals surface area contributed by atoms with E-state index in [4.69, 9.17) is 4.74 Å². The lowest BCUT2D eigenvalue weighted by molar-refractivity contribution is -0.128. The lowest BCUT2D eigenvalue weighted by Crippen LogP contribution is -2.04. The second-order valence-corrected chi connectivity index (χ2v) is 4.76. The van der Waals surface area contributed by atoms with Crippen LogP contribution in [0.1, 0.15) is 0 Å². The van der Waals surface area contributed by atoms with Crippen molar-refractivity contribution in [3.8, 4) is 16.9 Å². The number of carbonyl (C=O) groups is 1. The van der Waals surface area contributed by atoms with E-state index in [9.17, 15) is 4.79 Å². The second kappa shape index (κ2) is 5.82. The van der Waals surface area contributed by atoms with Gasteiger partial charge in [0.2, 0.25) is 0 Å². The minimum atomic E-state index is -0.451. The molecule has 2 aromatic carbocycles. The van der Waals surface area contributed by atoms with Gasteiger partial charge in [0, 0.05) is 15.2 Å².